The fraction of sp³-hybridized carbons (Fsp3) is 0.857. The molecule has 0 aromatic rings. The Morgan fingerprint density at radius 1 is 1.45 bits per heavy atom. The highest BCUT2D eigenvalue weighted by molar-refractivity contribution is 7.92. The summed E-state index contributed by atoms with van der Waals surface area (Å²) >= 11 is 0. The van der Waals surface area contributed by atoms with Gasteiger partial charge in [-0.1, -0.05) is 6.42 Å². The van der Waals surface area contributed by atoms with E-state index in [0.717, 1.165) is 19.3 Å². The van der Waals surface area contributed by atoms with Crippen molar-refractivity contribution < 1.29 is 13.7 Å². The molecule has 1 heterocycles. The molecule has 1 fully saturated rings. The lowest BCUT2D eigenvalue weighted by Gasteiger charge is -2.20. The van der Waals surface area contributed by atoms with Gasteiger partial charge in [0.25, 0.3) is 0 Å². The Balaban J connectivity index is 2.60. The van der Waals surface area contributed by atoms with Gasteiger partial charge in [0.1, 0.15) is 5.25 Å². The van der Waals surface area contributed by atoms with Gasteiger partial charge in [-0.2, -0.15) is 7.05 Å². The molecule has 0 radical (unpaired) electrons. The second-order valence-corrected chi connectivity index (χ2v) is 5.41. The van der Waals surface area contributed by atoms with Crippen molar-refractivity contribution in [2.75, 3.05) is 12.3 Å². The molecule has 0 aromatic carbocycles. The first-order valence-corrected chi connectivity index (χ1v) is 5.71. The molecule has 66 valence electrons. The van der Waals surface area contributed by atoms with Crippen molar-refractivity contribution in [1.29, 1.82) is 0 Å². The van der Waals surface area contributed by atoms with E-state index in [-0.39, 0.29) is 5.25 Å². The van der Waals surface area contributed by atoms with Crippen LogP contribution >= 0.6 is 0 Å². The Hall–Kier alpha value is -0.0900. The maximum atomic E-state index is 11.3. The summed E-state index contributed by atoms with van der Waals surface area (Å²) < 4.78 is 22.6. The molecule has 1 rings (SSSR count). The van der Waals surface area contributed by atoms with Crippen molar-refractivity contribution in [2.24, 2.45) is 0 Å². The number of hydrogen-bond donors (Lipinski definition) is 1. The molecule has 0 aliphatic carbocycles. The van der Waals surface area contributed by atoms with Gasteiger partial charge in [-0.05, 0) is 12.8 Å². The summed E-state index contributed by atoms with van der Waals surface area (Å²) in [6.07, 6.45) is 2.72. The molecule has 2 N–H and O–H groups in total. The van der Waals surface area contributed by atoms with Crippen molar-refractivity contribution in [3.63, 3.8) is 0 Å². The minimum Gasteiger partial charge on any atom is -0.478 e. The van der Waals surface area contributed by atoms with Gasteiger partial charge < -0.3 is 5.32 Å². The second-order valence-electron chi connectivity index (χ2n) is 3.01. The Morgan fingerprint density at radius 2 is 2.18 bits per heavy atom. The molecule has 3 nitrogen and oxygen atoms in total. The number of nitrogens with two attached hydrogens (primary N) is 1. The van der Waals surface area contributed by atoms with E-state index in [4.69, 9.17) is 0 Å². The van der Waals surface area contributed by atoms with Gasteiger partial charge in [-0.25, -0.2) is 8.42 Å². The van der Waals surface area contributed by atoms with Crippen LogP contribution in [0.3, 0.4) is 0 Å². The summed E-state index contributed by atoms with van der Waals surface area (Å²) in [7, 11) is 0.799. The quantitative estimate of drug-likeness (QED) is 0.568. The fourth-order valence-electron chi connectivity index (χ4n) is 1.47. The smallest absolute Gasteiger partial charge is 0.158 e. The Labute approximate surface area is 68.1 Å². The molecule has 1 atom stereocenters. The zero-order valence-corrected chi connectivity index (χ0v) is 7.44. The lowest BCUT2D eigenvalue weighted by atomic mass is 10.2. The molecule has 0 aromatic heterocycles. The maximum absolute atomic E-state index is 11.3. The fourth-order valence-corrected chi connectivity index (χ4v) is 3.37. The number of quaternary nitrogens is 1. The predicted molar refractivity (Wildman–Crippen MR) is 43.6 cm³/mol. The number of sulfone groups is 1. The largest absolute Gasteiger partial charge is 0.478 e. The van der Waals surface area contributed by atoms with Crippen molar-refractivity contribution in [3.05, 3.63) is 7.05 Å². The lowest BCUT2D eigenvalue weighted by molar-refractivity contribution is -0.595. The standard InChI is InChI=1S/C7H15NO2S/c1-8-6-7-4-2-3-5-11(7,9)10/h7H,1-6,8H2. The van der Waals surface area contributed by atoms with Gasteiger partial charge in [-0.15, -0.1) is 0 Å². The third-order valence-corrected chi connectivity index (χ3v) is 4.44. The van der Waals surface area contributed by atoms with Crippen molar-refractivity contribution in [2.45, 2.75) is 24.5 Å². The first kappa shape index (κ1) is 9.00. The van der Waals surface area contributed by atoms with Gasteiger partial charge in [0.2, 0.25) is 0 Å². The van der Waals surface area contributed by atoms with E-state index in [1.54, 1.807) is 5.32 Å². The zero-order chi connectivity index (χ0) is 8.32. The van der Waals surface area contributed by atoms with Crippen LogP contribution in [0, 0.1) is 7.05 Å². The van der Waals surface area contributed by atoms with Crippen molar-refractivity contribution >= 4 is 9.84 Å². The topological polar surface area (TPSA) is 50.8 Å². The molecule has 11 heavy (non-hydrogen) atoms. The molecule has 4 heteroatoms. The third-order valence-electron chi connectivity index (χ3n) is 2.14. The molecule has 1 saturated heterocycles. The van der Waals surface area contributed by atoms with Crippen molar-refractivity contribution in [3.8, 4) is 0 Å². The van der Waals surface area contributed by atoms with E-state index in [1.807, 2.05) is 0 Å². The zero-order valence-electron chi connectivity index (χ0n) is 6.62. The first-order chi connectivity index (χ1) is 5.17. The molecule has 1 aliphatic rings. The summed E-state index contributed by atoms with van der Waals surface area (Å²) in [5, 5.41) is 1.57. The number of rotatable bonds is 2. The molecular weight excluding hydrogens is 162 g/mol. The van der Waals surface area contributed by atoms with Crippen LogP contribution in [-0.4, -0.2) is 26.0 Å². The highest BCUT2D eigenvalue weighted by Crippen LogP contribution is 2.17. The summed E-state index contributed by atoms with van der Waals surface area (Å²) in [6.45, 7) is 0.627. The monoisotopic (exact) mass is 177 g/mol. The molecule has 1 unspecified atom stereocenters. The van der Waals surface area contributed by atoms with Gasteiger partial charge in [0, 0.05) is 0 Å². The van der Waals surface area contributed by atoms with Crippen LogP contribution in [0.25, 0.3) is 0 Å². The van der Waals surface area contributed by atoms with Crippen LogP contribution in [0.4, 0.5) is 0 Å². The van der Waals surface area contributed by atoms with Gasteiger partial charge in [0.05, 0.1) is 12.3 Å². The summed E-state index contributed by atoms with van der Waals surface area (Å²) in [5.74, 6) is 0.380. The molecule has 0 bridgehead atoms. The maximum Gasteiger partial charge on any atom is 0.158 e. The van der Waals surface area contributed by atoms with E-state index >= 15 is 0 Å². The molecular formula is C7H15NO2S. The van der Waals surface area contributed by atoms with Crippen LogP contribution in [-0.2, 0) is 9.84 Å². The lowest BCUT2D eigenvalue weighted by Crippen LogP contribution is -2.80. The van der Waals surface area contributed by atoms with E-state index in [9.17, 15) is 8.42 Å². The Morgan fingerprint density at radius 3 is 2.73 bits per heavy atom. The van der Waals surface area contributed by atoms with Crippen LogP contribution in [0.1, 0.15) is 19.3 Å². The van der Waals surface area contributed by atoms with Gasteiger partial charge in [0.15, 0.2) is 9.84 Å². The van der Waals surface area contributed by atoms with Crippen LogP contribution < -0.4 is 5.32 Å². The number of hydrogen-bond acceptors (Lipinski definition) is 2. The average Bonchev–Trinajstić information content (AvgIpc) is 1.94. The van der Waals surface area contributed by atoms with Crippen LogP contribution in [0.2, 0.25) is 0 Å². The van der Waals surface area contributed by atoms with Crippen molar-refractivity contribution in [1.82, 2.24) is 0 Å². The van der Waals surface area contributed by atoms with E-state index < -0.39 is 9.84 Å². The van der Waals surface area contributed by atoms with E-state index in [1.165, 1.54) is 0 Å². The van der Waals surface area contributed by atoms with E-state index in [0.29, 0.717) is 12.3 Å². The van der Waals surface area contributed by atoms with Gasteiger partial charge >= 0.3 is 0 Å². The minimum absolute atomic E-state index is 0.131. The summed E-state index contributed by atoms with van der Waals surface area (Å²) in [6, 6.07) is 0. The second kappa shape index (κ2) is 3.54. The highest BCUT2D eigenvalue weighted by Gasteiger charge is 2.28. The third kappa shape index (κ3) is 2.17. The minimum atomic E-state index is -2.76. The normalized spacial score (nSPS) is 30.1. The summed E-state index contributed by atoms with van der Waals surface area (Å²) in [4.78, 5) is 0. The molecule has 0 amide bonds. The molecule has 0 saturated carbocycles. The van der Waals surface area contributed by atoms with Crippen LogP contribution in [0.15, 0.2) is 0 Å². The SMILES string of the molecule is [CH2-][NH2+]CC1CCCCS1(=O)=O. The average molecular weight is 177 g/mol. The first-order valence-electron chi connectivity index (χ1n) is 3.99. The highest BCUT2D eigenvalue weighted by atomic mass is 32.2. The Kier molecular flexibility index (Phi) is 2.90. The van der Waals surface area contributed by atoms with Gasteiger partial charge in [-0.3, -0.25) is 0 Å². The predicted octanol–water partition coefficient (Wildman–Crippen LogP) is -0.691. The Bertz CT molecular complexity index is 208. The van der Waals surface area contributed by atoms with E-state index in [2.05, 4.69) is 7.05 Å². The molecule has 1 aliphatic heterocycles. The molecule has 0 spiro atoms. The summed E-state index contributed by atoms with van der Waals surface area (Å²) in [5.41, 5.74) is 0. The van der Waals surface area contributed by atoms with Crippen LogP contribution in [0.5, 0.6) is 0 Å².